The molecule has 4 heterocycles. The number of nitriles is 1. The highest BCUT2D eigenvalue weighted by Gasteiger charge is 2.32. The van der Waals surface area contributed by atoms with Crippen LogP contribution >= 0.6 is 0 Å². The van der Waals surface area contributed by atoms with Crippen molar-refractivity contribution in [1.29, 1.82) is 5.26 Å². The van der Waals surface area contributed by atoms with Gasteiger partial charge in [0, 0.05) is 49.1 Å². The van der Waals surface area contributed by atoms with Crippen LogP contribution in [-0.4, -0.2) is 73.9 Å². The number of likely N-dealkylation sites (N-methyl/N-ethyl adjacent to an activating group) is 1. The lowest BCUT2D eigenvalue weighted by Crippen LogP contribution is -2.28. The number of rotatable bonds is 8. The number of carbonyl (C=O) groups is 2. The van der Waals surface area contributed by atoms with Crippen LogP contribution in [0.2, 0.25) is 0 Å². The van der Waals surface area contributed by atoms with Crippen LogP contribution in [0.1, 0.15) is 48.7 Å². The molecule has 11 nitrogen and oxygen atoms in total. The average Bonchev–Trinajstić information content (AvgIpc) is 3.68. The number of anilines is 2. The number of nitrogen functional groups attached to an aromatic ring is 1. The number of nitrogens with zero attached hydrogens (tertiary/aromatic N) is 7. The maximum Gasteiger partial charge on any atom is 0.256 e. The van der Waals surface area contributed by atoms with E-state index in [1.165, 1.54) is 36.0 Å². The third-order valence-electron chi connectivity index (χ3n) is 7.98. The van der Waals surface area contributed by atoms with Crippen molar-refractivity contribution in [3.8, 4) is 17.2 Å². The number of carbonyl (C=O) groups excluding carboxylic acids is 2. The maximum absolute atomic E-state index is 16.3. The van der Waals surface area contributed by atoms with E-state index >= 15 is 4.39 Å². The minimum absolute atomic E-state index is 0. The number of nitrogens with two attached hydrogens (primary N) is 1. The zero-order valence-corrected chi connectivity index (χ0v) is 23.6. The summed E-state index contributed by atoms with van der Waals surface area (Å²) in [5, 5.41) is 12.1. The number of hydrogen-bond acceptors (Lipinski definition) is 8. The molecule has 1 aliphatic carbocycles. The molecule has 44 heavy (non-hydrogen) atoms. The molecule has 1 atom stereocenters. The molecule has 2 fully saturated rings. The van der Waals surface area contributed by atoms with Gasteiger partial charge in [-0.3, -0.25) is 19.1 Å². The Morgan fingerprint density at radius 1 is 1.18 bits per heavy atom. The summed E-state index contributed by atoms with van der Waals surface area (Å²) in [6.07, 6.45) is 9.19. The van der Waals surface area contributed by atoms with Gasteiger partial charge in [0.2, 0.25) is 11.9 Å². The second kappa shape index (κ2) is 12.6. The van der Waals surface area contributed by atoms with E-state index in [1.807, 2.05) is 12.1 Å². The molecule has 226 valence electrons. The Kier molecular flexibility index (Phi) is 8.69. The van der Waals surface area contributed by atoms with Crippen LogP contribution in [0.4, 0.5) is 16.0 Å². The fourth-order valence-electron chi connectivity index (χ4n) is 5.51. The highest BCUT2D eigenvalue weighted by molar-refractivity contribution is 6.05. The van der Waals surface area contributed by atoms with Gasteiger partial charge in [-0.15, -0.1) is 0 Å². The topological polar surface area (TPSA) is 146 Å². The molecule has 12 heteroatoms. The van der Waals surface area contributed by atoms with E-state index in [0.717, 1.165) is 6.54 Å². The van der Waals surface area contributed by atoms with Crippen LogP contribution in [-0.2, 0) is 4.79 Å². The highest BCUT2D eigenvalue weighted by atomic mass is 19.1. The first-order valence-corrected chi connectivity index (χ1v) is 14.1. The molecule has 0 radical (unpaired) electrons. The van der Waals surface area contributed by atoms with Crippen LogP contribution in [0.15, 0.2) is 61.1 Å². The Bertz CT molecular complexity index is 1770. The van der Waals surface area contributed by atoms with E-state index < -0.39 is 11.9 Å². The molecule has 0 unspecified atom stereocenters. The lowest BCUT2D eigenvalue weighted by Gasteiger charge is -2.17. The summed E-state index contributed by atoms with van der Waals surface area (Å²) in [5.74, 6) is -0.670. The standard InChI is InChI=1S/C31H30FN9O2.CH4/c1-39(22-8-9-22)13-2-3-25(42)40-14-11-23(17-40)41-28(32)26(27-29(34)36-18-37-30(27)41)20-4-6-21(7-5-20)31(43)38-24-15-19(16-33)10-12-35-24;/h2-7,10,12,15,18,22-23H,8-9,11,13-14,17H2,1H3,(H2,34,36,37)(H,35,38,43);1H4/b3-2+;/t23-;/m1./s1. The summed E-state index contributed by atoms with van der Waals surface area (Å²) in [4.78, 5) is 42.2. The van der Waals surface area contributed by atoms with Crippen molar-refractivity contribution < 1.29 is 14.0 Å². The van der Waals surface area contributed by atoms with Gasteiger partial charge < -0.3 is 16.0 Å². The third kappa shape index (κ3) is 6.00. The van der Waals surface area contributed by atoms with Crippen LogP contribution in [0.5, 0.6) is 0 Å². The fourth-order valence-corrected chi connectivity index (χ4v) is 5.51. The van der Waals surface area contributed by atoms with E-state index in [1.54, 1.807) is 41.3 Å². The lowest BCUT2D eigenvalue weighted by molar-refractivity contribution is -0.125. The number of pyridine rings is 1. The van der Waals surface area contributed by atoms with Gasteiger partial charge in [0.05, 0.1) is 23.1 Å². The van der Waals surface area contributed by atoms with Crippen molar-refractivity contribution in [2.75, 3.05) is 37.7 Å². The monoisotopic (exact) mass is 595 g/mol. The normalized spacial score (nSPS) is 16.3. The van der Waals surface area contributed by atoms with Gasteiger partial charge in [0.1, 0.15) is 23.6 Å². The summed E-state index contributed by atoms with van der Waals surface area (Å²) in [7, 11) is 2.06. The van der Waals surface area contributed by atoms with Gasteiger partial charge in [-0.1, -0.05) is 25.6 Å². The first-order valence-electron chi connectivity index (χ1n) is 14.1. The zero-order valence-electron chi connectivity index (χ0n) is 23.6. The van der Waals surface area contributed by atoms with Gasteiger partial charge in [0.25, 0.3) is 5.91 Å². The van der Waals surface area contributed by atoms with Crippen molar-refractivity contribution in [2.45, 2.75) is 38.8 Å². The number of hydrogen-bond donors (Lipinski definition) is 2. The van der Waals surface area contributed by atoms with Crippen molar-refractivity contribution in [2.24, 2.45) is 0 Å². The first-order chi connectivity index (χ1) is 20.8. The molecule has 1 aliphatic heterocycles. The van der Waals surface area contributed by atoms with Crippen LogP contribution < -0.4 is 11.1 Å². The molecule has 0 spiro atoms. The summed E-state index contributed by atoms with van der Waals surface area (Å²) >= 11 is 0. The Hall–Kier alpha value is -5.15. The van der Waals surface area contributed by atoms with Crippen LogP contribution in [0, 0.1) is 17.3 Å². The largest absolute Gasteiger partial charge is 0.383 e. The molecule has 3 aromatic heterocycles. The minimum Gasteiger partial charge on any atom is -0.383 e. The van der Waals surface area contributed by atoms with E-state index in [2.05, 4.69) is 32.2 Å². The molecule has 1 saturated carbocycles. The van der Waals surface area contributed by atoms with Crippen molar-refractivity contribution in [1.82, 2.24) is 29.3 Å². The zero-order chi connectivity index (χ0) is 30.1. The van der Waals surface area contributed by atoms with Crippen LogP contribution in [0.25, 0.3) is 22.2 Å². The van der Waals surface area contributed by atoms with Gasteiger partial charge >= 0.3 is 0 Å². The van der Waals surface area contributed by atoms with Crippen LogP contribution in [0.3, 0.4) is 0 Å². The predicted molar refractivity (Wildman–Crippen MR) is 166 cm³/mol. The summed E-state index contributed by atoms with van der Waals surface area (Å²) in [5.41, 5.74) is 8.02. The van der Waals surface area contributed by atoms with Crippen molar-refractivity contribution in [3.05, 3.63) is 78.1 Å². The minimum atomic E-state index is -0.530. The van der Waals surface area contributed by atoms with E-state index in [4.69, 9.17) is 11.0 Å². The van der Waals surface area contributed by atoms with E-state index in [9.17, 15) is 9.59 Å². The summed E-state index contributed by atoms with van der Waals surface area (Å²) in [6.45, 7) is 1.55. The Morgan fingerprint density at radius 3 is 2.68 bits per heavy atom. The number of halogens is 1. The predicted octanol–water partition coefficient (Wildman–Crippen LogP) is 4.40. The Morgan fingerprint density at radius 2 is 1.95 bits per heavy atom. The lowest BCUT2D eigenvalue weighted by atomic mass is 10.0. The van der Waals surface area contributed by atoms with Crippen molar-refractivity contribution in [3.63, 3.8) is 0 Å². The Balaban J connectivity index is 0.00000384. The van der Waals surface area contributed by atoms with Gasteiger partial charge in [-0.05, 0) is 56.1 Å². The van der Waals surface area contributed by atoms with Gasteiger partial charge in [-0.25, -0.2) is 15.0 Å². The Labute approximate surface area is 254 Å². The fraction of sp³-hybridized carbons (Fsp3) is 0.312. The molecule has 1 saturated heterocycles. The van der Waals surface area contributed by atoms with E-state index in [-0.39, 0.29) is 36.6 Å². The first kappa shape index (κ1) is 30.3. The van der Waals surface area contributed by atoms with Gasteiger partial charge in [0.15, 0.2) is 0 Å². The summed E-state index contributed by atoms with van der Waals surface area (Å²) in [6, 6.07) is 11.7. The third-order valence-corrected chi connectivity index (χ3v) is 7.98. The molecule has 3 N–H and O–H groups in total. The number of fused-ring (bicyclic) bond motifs is 1. The quantitative estimate of drug-likeness (QED) is 0.285. The molecule has 4 aromatic rings. The average molecular weight is 596 g/mol. The number of aromatic nitrogens is 4. The summed E-state index contributed by atoms with van der Waals surface area (Å²) < 4.78 is 17.8. The molecular weight excluding hydrogens is 561 g/mol. The second-order valence-electron chi connectivity index (χ2n) is 10.9. The molecular formula is C32H34FN9O2. The second-order valence-corrected chi connectivity index (χ2v) is 10.9. The number of likely N-dealkylation sites (tertiary alicyclic amines) is 1. The molecule has 2 amide bonds. The molecule has 0 bridgehead atoms. The number of amides is 2. The van der Waals surface area contributed by atoms with E-state index in [0.29, 0.717) is 53.3 Å². The molecule has 1 aromatic carbocycles. The number of nitrogens with one attached hydrogen (secondary N) is 1. The smallest absolute Gasteiger partial charge is 0.256 e. The number of benzene rings is 1. The van der Waals surface area contributed by atoms with Crippen molar-refractivity contribution >= 4 is 34.5 Å². The molecule has 2 aliphatic rings. The van der Waals surface area contributed by atoms with Gasteiger partial charge in [-0.2, -0.15) is 9.65 Å². The maximum atomic E-state index is 16.3. The highest BCUT2D eigenvalue weighted by Crippen LogP contribution is 2.39. The molecule has 6 rings (SSSR count). The SMILES string of the molecule is C.CN(C/C=C/C(=O)N1CC[C@@H](n2c(F)c(-c3ccc(C(=O)Nc4cc(C#N)ccn4)cc3)c3c(N)ncnc32)C1)C1CC1.